The number of rotatable bonds is 5. The van der Waals surface area contributed by atoms with Crippen LogP contribution in [0.15, 0.2) is 0 Å². The lowest BCUT2D eigenvalue weighted by molar-refractivity contribution is -0.123. The third-order valence-electron chi connectivity index (χ3n) is 4.30. The summed E-state index contributed by atoms with van der Waals surface area (Å²) < 4.78 is 23.1. The smallest absolute Gasteiger partial charge is 0.234 e. The topological polar surface area (TPSA) is 78.5 Å². The molecule has 1 amide bonds. The summed E-state index contributed by atoms with van der Waals surface area (Å²) in [5.41, 5.74) is -0.597. The van der Waals surface area contributed by atoms with E-state index < -0.39 is 15.4 Å². The van der Waals surface area contributed by atoms with Crippen molar-refractivity contribution < 1.29 is 13.2 Å². The Morgan fingerprint density at radius 1 is 1.43 bits per heavy atom. The Bertz CT molecular complexity index is 474. The van der Waals surface area contributed by atoms with Crippen LogP contribution >= 0.6 is 0 Å². The van der Waals surface area contributed by atoms with Gasteiger partial charge in [0.05, 0.1) is 23.6 Å². The van der Waals surface area contributed by atoms with E-state index in [2.05, 4.69) is 10.6 Å². The van der Waals surface area contributed by atoms with Crippen molar-refractivity contribution in [1.29, 1.82) is 0 Å². The molecular weight excluding hydrogens is 290 g/mol. The summed E-state index contributed by atoms with van der Waals surface area (Å²) in [5, 5.41) is 6.36. The largest absolute Gasteiger partial charge is 0.349 e. The number of hydrogen-bond acceptors (Lipinski definition) is 5. The van der Waals surface area contributed by atoms with Crippen molar-refractivity contribution in [2.45, 2.75) is 44.2 Å². The van der Waals surface area contributed by atoms with Crippen molar-refractivity contribution in [3.8, 4) is 0 Å². The summed E-state index contributed by atoms with van der Waals surface area (Å²) in [6.45, 7) is 4.04. The van der Waals surface area contributed by atoms with Crippen LogP contribution in [0.2, 0.25) is 0 Å². The molecule has 0 aromatic heterocycles. The minimum atomic E-state index is -2.99. The zero-order chi connectivity index (χ0) is 15.5. The number of nitrogens with one attached hydrogen (secondary N) is 2. The van der Waals surface area contributed by atoms with E-state index in [1.54, 1.807) is 0 Å². The number of sulfone groups is 1. The minimum absolute atomic E-state index is 0.0552. The van der Waals surface area contributed by atoms with Gasteiger partial charge in [0.1, 0.15) is 0 Å². The van der Waals surface area contributed by atoms with Gasteiger partial charge in [0.2, 0.25) is 5.91 Å². The minimum Gasteiger partial charge on any atom is -0.349 e. The molecule has 6 nitrogen and oxygen atoms in total. The molecule has 0 radical (unpaired) electrons. The first kappa shape index (κ1) is 16.7. The lowest BCUT2D eigenvalue weighted by Gasteiger charge is -2.29. The molecular formula is C14H27N3O3S. The van der Waals surface area contributed by atoms with E-state index in [1.165, 1.54) is 12.8 Å². The van der Waals surface area contributed by atoms with Crippen LogP contribution in [0.3, 0.4) is 0 Å². The predicted molar refractivity (Wildman–Crippen MR) is 83.0 cm³/mol. The van der Waals surface area contributed by atoms with Crippen LogP contribution in [0.5, 0.6) is 0 Å². The van der Waals surface area contributed by atoms with E-state index >= 15 is 0 Å². The number of carbonyl (C=O) groups is 1. The molecule has 0 aromatic carbocycles. The van der Waals surface area contributed by atoms with Gasteiger partial charge in [-0.15, -0.1) is 0 Å². The fraction of sp³-hybridized carbons (Fsp3) is 0.929. The molecule has 0 saturated carbocycles. The number of nitrogens with zero attached hydrogens (tertiary/aromatic N) is 1. The third kappa shape index (κ3) is 5.23. The maximum atomic E-state index is 12.1. The van der Waals surface area contributed by atoms with Gasteiger partial charge in [-0.05, 0) is 39.8 Å². The van der Waals surface area contributed by atoms with Gasteiger partial charge in [-0.2, -0.15) is 0 Å². The Balaban J connectivity index is 1.76. The molecule has 7 heteroatoms. The molecule has 122 valence electrons. The van der Waals surface area contributed by atoms with Crippen molar-refractivity contribution in [2.24, 2.45) is 0 Å². The first-order valence-electron chi connectivity index (χ1n) is 7.71. The number of carbonyl (C=O) groups excluding carboxylic acids is 1. The van der Waals surface area contributed by atoms with Crippen LogP contribution < -0.4 is 10.6 Å². The third-order valence-corrected chi connectivity index (χ3v) is 6.21. The maximum absolute atomic E-state index is 12.1. The molecule has 0 bridgehead atoms. The molecule has 21 heavy (non-hydrogen) atoms. The van der Waals surface area contributed by atoms with Gasteiger partial charge in [-0.1, -0.05) is 6.42 Å². The summed E-state index contributed by atoms with van der Waals surface area (Å²) in [7, 11) is -1.05. The molecule has 0 spiro atoms. The Hall–Kier alpha value is -0.660. The Morgan fingerprint density at radius 3 is 2.76 bits per heavy atom. The van der Waals surface area contributed by atoms with E-state index in [0.717, 1.165) is 19.5 Å². The average molecular weight is 317 g/mol. The molecule has 0 aliphatic carbocycles. The highest BCUT2D eigenvalue weighted by Gasteiger charge is 2.39. The molecule has 2 fully saturated rings. The van der Waals surface area contributed by atoms with Crippen LogP contribution in [0, 0.1) is 0 Å². The highest BCUT2D eigenvalue weighted by atomic mass is 32.2. The van der Waals surface area contributed by atoms with E-state index in [4.69, 9.17) is 0 Å². The second kappa shape index (κ2) is 6.62. The normalized spacial score (nSPS) is 32.2. The van der Waals surface area contributed by atoms with Crippen LogP contribution in [-0.2, 0) is 14.6 Å². The number of likely N-dealkylation sites (N-methyl/N-ethyl adjacent to an activating group) is 1. The van der Waals surface area contributed by atoms with Gasteiger partial charge in [-0.3, -0.25) is 9.69 Å². The van der Waals surface area contributed by atoms with Crippen LogP contribution in [-0.4, -0.2) is 69.0 Å². The van der Waals surface area contributed by atoms with Crippen molar-refractivity contribution in [2.75, 3.05) is 38.2 Å². The monoisotopic (exact) mass is 317 g/mol. The lowest BCUT2D eigenvalue weighted by Crippen LogP contribution is -2.51. The molecule has 2 aliphatic heterocycles. The first-order chi connectivity index (χ1) is 9.78. The number of amides is 1. The quantitative estimate of drug-likeness (QED) is 0.731. The van der Waals surface area contributed by atoms with Gasteiger partial charge in [-0.25, -0.2) is 8.42 Å². The average Bonchev–Trinajstić information content (AvgIpc) is 2.63. The summed E-state index contributed by atoms with van der Waals surface area (Å²) in [5.74, 6) is 0.138. The van der Waals surface area contributed by atoms with Crippen molar-refractivity contribution in [3.05, 3.63) is 0 Å². The van der Waals surface area contributed by atoms with Gasteiger partial charge in [0.25, 0.3) is 0 Å². The van der Waals surface area contributed by atoms with Crippen molar-refractivity contribution >= 4 is 15.7 Å². The number of hydrogen-bond donors (Lipinski definition) is 2. The molecule has 0 aromatic rings. The van der Waals surface area contributed by atoms with E-state index in [0.29, 0.717) is 19.0 Å². The molecule has 2 unspecified atom stereocenters. The summed E-state index contributed by atoms with van der Waals surface area (Å²) in [6.07, 6.45) is 4.14. The molecule has 2 aliphatic rings. The highest BCUT2D eigenvalue weighted by Crippen LogP contribution is 2.22. The maximum Gasteiger partial charge on any atom is 0.234 e. The van der Waals surface area contributed by atoms with Crippen LogP contribution in [0.4, 0.5) is 0 Å². The Kier molecular flexibility index (Phi) is 5.27. The van der Waals surface area contributed by atoms with Crippen LogP contribution in [0.25, 0.3) is 0 Å². The van der Waals surface area contributed by atoms with Gasteiger partial charge in [0, 0.05) is 12.6 Å². The van der Waals surface area contributed by atoms with Gasteiger partial charge >= 0.3 is 0 Å². The van der Waals surface area contributed by atoms with Crippen LogP contribution in [0.1, 0.15) is 32.6 Å². The first-order valence-corrected chi connectivity index (χ1v) is 9.54. The number of piperidine rings is 1. The highest BCUT2D eigenvalue weighted by molar-refractivity contribution is 7.91. The molecule has 2 N–H and O–H groups in total. The second-order valence-corrected chi connectivity index (χ2v) is 8.98. The standard InChI is InChI=1S/C14H27N3O3S/c1-14(6-8-21(19,20)11-14)16-13(18)10-17(2)9-12-5-3-4-7-15-12/h12,15H,3-11H2,1-2H3,(H,16,18). The molecule has 2 atom stereocenters. The van der Waals surface area contributed by atoms with Gasteiger partial charge in [0.15, 0.2) is 9.84 Å². The lowest BCUT2D eigenvalue weighted by atomic mass is 10.0. The summed E-state index contributed by atoms with van der Waals surface area (Å²) in [4.78, 5) is 14.1. The van der Waals surface area contributed by atoms with Gasteiger partial charge < -0.3 is 10.6 Å². The van der Waals surface area contributed by atoms with Crippen molar-refractivity contribution in [3.63, 3.8) is 0 Å². The second-order valence-electron chi connectivity index (χ2n) is 6.79. The van der Waals surface area contributed by atoms with E-state index in [1.807, 2.05) is 18.9 Å². The summed E-state index contributed by atoms with van der Waals surface area (Å²) in [6, 6.07) is 0.457. The fourth-order valence-corrected chi connectivity index (χ4v) is 5.34. The summed E-state index contributed by atoms with van der Waals surface area (Å²) >= 11 is 0. The molecule has 2 saturated heterocycles. The predicted octanol–water partition coefficient (Wildman–Crippen LogP) is -0.246. The zero-order valence-electron chi connectivity index (χ0n) is 13.0. The Labute approximate surface area is 127 Å². The fourth-order valence-electron chi connectivity index (χ4n) is 3.25. The van der Waals surface area contributed by atoms with E-state index in [9.17, 15) is 13.2 Å². The molecule has 2 rings (SSSR count). The Morgan fingerprint density at radius 2 is 2.19 bits per heavy atom. The SMILES string of the molecule is CN(CC(=O)NC1(C)CCS(=O)(=O)C1)CC1CCCCN1. The van der Waals surface area contributed by atoms with E-state index in [-0.39, 0.29) is 17.4 Å². The zero-order valence-corrected chi connectivity index (χ0v) is 13.8. The molecule has 2 heterocycles. The van der Waals surface area contributed by atoms with Crippen molar-refractivity contribution in [1.82, 2.24) is 15.5 Å².